The second kappa shape index (κ2) is 7.16. The number of carbonyl (C=O) groups excluding carboxylic acids is 1. The summed E-state index contributed by atoms with van der Waals surface area (Å²) in [5, 5.41) is 0. The number of nitrogens with one attached hydrogen (secondary N) is 1. The zero-order valence-corrected chi connectivity index (χ0v) is 11.9. The molecule has 0 heterocycles. The summed E-state index contributed by atoms with van der Waals surface area (Å²) in [7, 11) is -3.85. The summed E-state index contributed by atoms with van der Waals surface area (Å²) < 4.78 is 30.4. The van der Waals surface area contributed by atoms with Crippen LogP contribution in [0.5, 0.6) is 0 Å². The van der Waals surface area contributed by atoms with E-state index in [1.807, 2.05) is 11.6 Å². The lowest BCUT2D eigenvalue weighted by Gasteiger charge is -2.05. The number of benzene rings is 1. The highest BCUT2D eigenvalue weighted by atomic mass is 35.5. The number of aryl methyl sites for hydroxylation is 1. The van der Waals surface area contributed by atoms with E-state index in [9.17, 15) is 13.2 Å². The second-order valence-electron chi connectivity index (χ2n) is 3.65. The largest absolute Gasteiger partial charge is 0.500 e. The van der Waals surface area contributed by atoms with E-state index >= 15 is 0 Å². The smallest absolute Gasteiger partial charge is 0.264 e. The van der Waals surface area contributed by atoms with Gasteiger partial charge in [-0.3, -0.25) is 4.79 Å². The van der Waals surface area contributed by atoms with Crippen LogP contribution in [0.25, 0.3) is 0 Å². The van der Waals surface area contributed by atoms with Crippen molar-refractivity contribution >= 4 is 27.5 Å². The van der Waals surface area contributed by atoms with Gasteiger partial charge in [-0.2, -0.15) is 0 Å². The number of ether oxygens (including phenoxy) is 1. The Morgan fingerprint density at radius 2 is 2.00 bits per heavy atom. The van der Waals surface area contributed by atoms with Crippen LogP contribution in [0.4, 0.5) is 0 Å². The molecule has 0 spiro atoms. The van der Waals surface area contributed by atoms with Gasteiger partial charge in [-0.05, 0) is 19.1 Å². The standard InChI is InChI=1S/C12H14ClNO4S/c1-10-2-4-11(5-3-10)19(16,17)14-12(15)6-8-18-9-7-13/h2-6,8H,7,9H2,1H3,(H,14,15)/b8-6+. The van der Waals surface area contributed by atoms with Gasteiger partial charge in [0.15, 0.2) is 0 Å². The molecular weight excluding hydrogens is 290 g/mol. The molecule has 0 aliphatic heterocycles. The monoisotopic (exact) mass is 303 g/mol. The molecule has 0 aliphatic rings. The zero-order valence-electron chi connectivity index (χ0n) is 10.3. The SMILES string of the molecule is Cc1ccc(S(=O)(=O)NC(=O)/C=C/OCCCl)cc1. The highest BCUT2D eigenvalue weighted by Gasteiger charge is 2.15. The minimum Gasteiger partial charge on any atom is -0.500 e. The summed E-state index contributed by atoms with van der Waals surface area (Å²) >= 11 is 5.36. The van der Waals surface area contributed by atoms with E-state index in [0.717, 1.165) is 17.9 Å². The number of alkyl halides is 1. The quantitative estimate of drug-likeness (QED) is 0.375. The van der Waals surface area contributed by atoms with Gasteiger partial charge in [0.25, 0.3) is 15.9 Å². The molecule has 0 unspecified atom stereocenters. The third kappa shape index (κ3) is 5.32. The van der Waals surface area contributed by atoms with Gasteiger partial charge in [0.05, 0.1) is 17.0 Å². The molecule has 0 saturated carbocycles. The Bertz CT molecular complexity index is 552. The number of halogens is 1. The molecule has 0 atom stereocenters. The van der Waals surface area contributed by atoms with Crippen molar-refractivity contribution in [3.8, 4) is 0 Å². The summed E-state index contributed by atoms with van der Waals surface area (Å²) in [5.41, 5.74) is 0.930. The van der Waals surface area contributed by atoms with E-state index in [0.29, 0.717) is 0 Å². The van der Waals surface area contributed by atoms with Gasteiger partial charge in [-0.1, -0.05) is 17.7 Å². The molecule has 1 aromatic rings. The van der Waals surface area contributed by atoms with Crippen LogP contribution in [-0.4, -0.2) is 26.8 Å². The minimum atomic E-state index is -3.85. The lowest BCUT2D eigenvalue weighted by Crippen LogP contribution is -2.29. The molecule has 1 N–H and O–H groups in total. The number of rotatable bonds is 6. The van der Waals surface area contributed by atoms with Gasteiger partial charge >= 0.3 is 0 Å². The fraction of sp³-hybridized carbons (Fsp3) is 0.250. The molecule has 5 nitrogen and oxygen atoms in total. The Morgan fingerprint density at radius 3 is 2.58 bits per heavy atom. The number of hydrogen-bond donors (Lipinski definition) is 1. The van der Waals surface area contributed by atoms with E-state index in [1.54, 1.807) is 12.1 Å². The van der Waals surface area contributed by atoms with Crippen molar-refractivity contribution in [3.63, 3.8) is 0 Å². The van der Waals surface area contributed by atoms with Crippen molar-refractivity contribution in [1.29, 1.82) is 0 Å². The first-order valence-corrected chi connectivity index (χ1v) is 7.45. The Balaban J connectivity index is 2.67. The average molecular weight is 304 g/mol. The maximum atomic E-state index is 11.8. The summed E-state index contributed by atoms with van der Waals surface area (Å²) in [6.45, 7) is 2.09. The first kappa shape index (κ1) is 15.5. The van der Waals surface area contributed by atoms with E-state index < -0.39 is 15.9 Å². The molecule has 19 heavy (non-hydrogen) atoms. The number of sulfonamides is 1. The van der Waals surface area contributed by atoms with Crippen LogP contribution >= 0.6 is 11.6 Å². The van der Waals surface area contributed by atoms with Crippen LogP contribution in [0.1, 0.15) is 5.56 Å². The summed E-state index contributed by atoms with van der Waals surface area (Å²) in [6, 6.07) is 6.16. The summed E-state index contributed by atoms with van der Waals surface area (Å²) in [6.07, 6.45) is 2.08. The third-order valence-electron chi connectivity index (χ3n) is 2.08. The lowest BCUT2D eigenvalue weighted by atomic mass is 10.2. The summed E-state index contributed by atoms with van der Waals surface area (Å²) in [5.74, 6) is -0.497. The Hall–Kier alpha value is -1.53. The molecule has 0 saturated heterocycles. The predicted molar refractivity (Wildman–Crippen MR) is 72.3 cm³/mol. The van der Waals surface area contributed by atoms with Gasteiger partial charge < -0.3 is 4.74 Å². The molecule has 0 radical (unpaired) electrons. The van der Waals surface area contributed by atoms with Crippen LogP contribution in [0.15, 0.2) is 41.5 Å². The molecular formula is C12H14ClNO4S. The van der Waals surface area contributed by atoms with Gasteiger partial charge in [0, 0.05) is 6.08 Å². The van der Waals surface area contributed by atoms with Crippen LogP contribution in [0, 0.1) is 6.92 Å². The zero-order chi connectivity index (χ0) is 14.3. The van der Waals surface area contributed by atoms with Crippen LogP contribution in [0.2, 0.25) is 0 Å². The average Bonchev–Trinajstić information content (AvgIpc) is 2.34. The Kier molecular flexibility index (Phi) is 5.85. The van der Waals surface area contributed by atoms with Crippen molar-refractivity contribution in [2.75, 3.05) is 12.5 Å². The normalized spacial score (nSPS) is 11.5. The lowest BCUT2D eigenvalue weighted by molar-refractivity contribution is -0.114. The van der Waals surface area contributed by atoms with E-state index in [2.05, 4.69) is 0 Å². The first-order chi connectivity index (χ1) is 8.95. The van der Waals surface area contributed by atoms with Gasteiger partial charge in [0.1, 0.15) is 6.61 Å². The second-order valence-corrected chi connectivity index (χ2v) is 5.71. The maximum absolute atomic E-state index is 11.8. The number of hydrogen-bond acceptors (Lipinski definition) is 4. The van der Waals surface area contributed by atoms with Crippen molar-refractivity contribution in [2.24, 2.45) is 0 Å². The van der Waals surface area contributed by atoms with Crippen molar-refractivity contribution in [3.05, 3.63) is 42.2 Å². The highest BCUT2D eigenvalue weighted by Crippen LogP contribution is 2.09. The molecule has 7 heteroatoms. The first-order valence-electron chi connectivity index (χ1n) is 5.43. The Morgan fingerprint density at radius 1 is 1.37 bits per heavy atom. The molecule has 0 fully saturated rings. The van der Waals surface area contributed by atoms with E-state index in [1.165, 1.54) is 12.1 Å². The van der Waals surface area contributed by atoms with Gasteiger partial charge in [0.2, 0.25) is 0 Å². The summed E-state index contributed by atoms with van der Waals surface area (Å²) in [4.78, 5) is 11.4. The van der Waals surface area contributed by atoms with Crippen molar-refractivity contribution in [2.45, 2.75) is 11.8 Å². The fourth-order valence-corrected chi connectivity index (χ4v) is 2.20. The van der Waals surface area contributed by atoms with E-state index in [-0.39, 0.29) is 17.4 Å². The molecule has 0 bridgehead atoms. The minimum absolute atomic E-state index is 0.0292. The molecule has 1 rings (SSSR count). The topological polar surface area (TPSA) is 72.5 Å². The molecule has 104 valence electrons. The fourth-order valence-electron chi connectivity index (χ4n) is 1.17. The van der Waals surface area contributed by atoms with Crippen LogP contribution in [-0.2, 0) is 19.6 Å². The molecule has 0 aromatic heterocycles. The van der Waals surface area contributed by atoms with Gasteiger partial charge in [-0.15, -0.1) is 11.6 Å². The Labute approximate surface area is 117 Å². The maximum Gasteiger partial charge on any atom is 0.264 e. The third-order valence-corrected chi connectivity index (χ3v) is 3.59. The number of amides is 1. The van der Waals surface area contributed by atoms with Crippen LogP contribution in [0.3, 0.4) is 0 Å². The predicted octanol–water partition coefficient (Wildman–Crippen LogP) is 1.57. The van der Waals surface area contributed by atoms with Crippen molar-refractivity contribution < 1.29 is 17.9 Å². The molecule has 0 aliphatic carbocycles. The van der Waals surface area contributed by atoms with E-state index in [4.69, 9.17) is 16.3 Å². The number of carbonyl (C=O) groups is 1. The van der Waals surface area contributed by atoms with Crippen molar-refractivity contribution in [1.82, 2.24) is 4.72 Å². The molecule has 1 amide bonds. The molecule has 1 aromatic carbocycles. The highest BCUT2D eigenvalue weighted by molar-refractivity contribution is 7.90. The van der Waals surface area contributed by atoms with Crippen LogP contribution < -0.4 is 4.72 Å². The van der Waals surface area contributed by atoms with Gasteiger partial charge in [-0.25, -0.2) is 13.1 Å².